The van der Waals surface area contributed by atoms with E-state index in [0.29, 0.717) is 18.0 Å². The predicted molar refractivity (Wildman–Crippen MR) is 82.5 cm³/mol. The first-order valence-corrected chi connectivity index (χ1v) is 7.01. The fourth-order valence-corrected chi connectivity index (χ4v) is 2.28. The van der Waals surface area contributed by atoms with E-state index < -0.39 is 5.60 Å². The lowest BCUT2D eigenvalue weighted by Crippen LogP contribution is -2.25. The molecule has 0 aliphatic carbocycles. The molecule has 114 valence electrons. The van der Waals surface area contributed by atoms with Crippen molar-refractivity contribution in [1.29, 1.82) is 0 Å². The van der Waals surface area contributed by atoms with Crippen LogP contribution >= 0.6 is 0 Å². The lowest BCUT2D eigenvalue weighted by atomic mass is 10.1. The Balaban J connectivity index is 1.91. The second-order valence-corrected chi connectivity index (χ2v) is 5.89. The Kier molecular flexibility index (Phi) is 3.58. The molecule has 0 aliphatic rings. The Labute approximate surface area is 127 Å². The van der Waals surface area contributed by atoms with Crippen LogP contribution in [-0.4, -0.2) is 20.3 Å². The van der Waals surface area contributed by atoms with Crippen LogP contribution in [0.3, 0.4) is 0 Å². The zero-order valence-electron chi connectivity index (χ0n) is 12.5. The maximum atomic E-state index is 12.9. The molecule has 1 aromatic heterocycles. The Hall–Kier alpha value is -2.40. The highest BCUT2D eigenvalue weighted by atomic mass is 19.1. The van der Waals surface area contributed by atoms with Gasteiger partial charge in [0.15, 0.2) is 0 Å². The third-order valence-electron chi connectivity index (χ3n) is 3.20. The van der Waals surface area contributed by atoms with Crippen LogP contribution < -0.4 is 4.74 Å². The summed E-state index contributed by atoms with van der Waals surface area (Å²) in [6, 6.07) is 11.4. The molecule has 0 saturated heterocycles. The van der Waals surface area contributed by atoms with Gasteiger partial charge in [-0.15, -0.1) is 0 Å². The van der Waals surface area contributed by atoms with Gasteiger partial charge in [-0.05, 0) is 50.2 Å². The lowest BCUT2D eigenvalue weighted by Gasteiger charge is -2.18. The number of hydrogen-bond donors (Lipinski definition) is 1. The molecule has 4 nitrogen and oxygen atoms in total. The number of nitrogens with zero attached hydrogens (tertiary/aromatic N) is 2. The fourth-order valence-electron chi connectivity index (χ4n) is 2.28. The highest BCUT2D eigenvalue weighted by molar-refractivity contribution is 5.77. The highest BCUT2D eigenvalue weighted by Crippen LogP contribution is 2.26. The van der Waals surface area contributed by atoms with Crippen molar-refractivity contribution in [2.75, 3.05) is 0 Å². The molecule has 0 aliphatic heterocycles. The Morgan fingerprint density at radius 3 is 2.50 bits per heavy atom. The molecule has 0 bridgehead atoms. The zero-order chi connectivity index (χ0) is 15.7. The van der Waals surface area contributed by atoms with Crippen molar-refractivity contribution in [3.05, 3.63) is 54.6 Å². The Morgan fingerprint density at radius 2 is 1.82 bits per heavy atom. The van der Waals surface area contributed by atoms with E-state index in [1.165, 1.54) is 12.1 Å². The highest BCUT2D eigenvalue weighted by Gasteiger charge is 2.15. The second-order valence-electron chi connectivity index (χ2n) is 5.89. The molecule has 0 unspecified atom stereocenters. The van der Waals surface area contributed by atoms with Gasteiger partial charge in [0.25, 0.3) is 0 Å². The standard InChI is InChI=1S/C17H17FN2O2/c1-17(2,21)10-20-11-19-15-8-7-14(9-16(15)20)22-13-5-3-12(18)4-6-13/h3-9,11,21H,10H2,1-2H3. The van der Waals surface area contributed by atoms with Crippen molar-refractivity contribution < 1.29 is 14.2 Å². The number of imidazole rings is 1. The van der Waals surface area contributed by atoms with Crippen molar-refractivity contribution in [3.63, 3.8) is 0 Å². The van der Waals surface area contributed by atoms with Gasteiger partial charge in [0.1, 0.15) is 17.3 Å². The van der Waals surface area contributed by atoms with Crippen LogP contribution in [0.25, 0.3) is 11.0 Å². The molecule has 3 aromatic rings. The minimum absolute atomic E-state index is 0.300. The molecule has 0 amide bonds. The third kappa shape index (κ3) is 3.26. The molecule has 1 heterocycles. The summed E-state index contributed by atoms with van der Waals surface area (Å²) in [5, 5.41) is 9.96. The number of aromatic nitrogens is 2. The van der Waals surface area contributed by atoms with E-state index in [2.05, 4.69) is 4.98 Å². The largest absolute Gasteiger partial charge is 0.457 e. The molecule has 0 fully saturated rings. The van der Waals surface area contributed by atoms with Gasteiger partial charge in [-0.2, -0.15) is 0 Å². The van der Waals surface area contributed by atoms with E-state index in [-0.39, 0.29) is 5.82 Å². The molecular formula is C17H17FN2O2. The third-order valence-corrected chi connectivity index (χ3v) is 3.20. The van der Waals surface area contributed by atoms with Crippen LogP contribution in [0.2, 0.25) is 0 Å². The molecule has 1 N–H and O–H groups in total. The van der Waals surface area contributed by atoms with E-state index in [4.69, 9.17) is 4.74 Å². The van der Waals surface area contributed by atoms with E-state index in [1.807, 2.05) is 22.8 Å². The van der Waals surface area contributed by atoms with Gasteiger partial charge in [0.05, 0.1) is 29.5 Å². The average molecular weight is 300 g/mol. The molecule has 22 heavy (non-hydrogen) atoms. The van der Waals surface area contributed by atoms with Crippen molar-refractivity contribution in [2.24, 2.45) is 0 Å². The van der Waals surface area contributed by atoms with Crippen LogP contribution in [0.5, 0.6) is 11.5 Å². The first-order valence-electron chi connectivity index (χ1n) is 7.01. The average Bonchev–Trinajstić information content (AvgIpc) is 2.82. The molecule has 0 saturated carbocycles. The minimum atomic E-state index is -0.832. The van der Waals surface area contributed by atoms with E-state index in [1.54, 1.807) is 32.3 Å². The molecule has 0 atom stereocenters. The number of benzene rings is 2. The number of fused-ring (bicyclic) bond motifs is 1. The zero-order valence-corrected chi connectivity index (χ0v) is 12.5. The first-order chi connectivity index (χ1) is 10.4. The van der Waals surface area contributed by atoms with Crippen molar-refractivity contribution >= 4 is 11.0 Å². The summed E-state index contributed by atoms with van der Waals surface area (Å²) in [6.45, 7) is 3.93. The molecule has 0 spiro atoms. The van der Waals surface area contributed by atoms with Crippen LogP contribution in [0.1, 0.15) is 13.8 Å². The van der Waals surface area contributed by atoms with Crippen LogP contribution in [0, 0.1) is 5.82 Å². The normalized spacial score (nSPS) is 11.8. The number of halogens is 1. The van der Waals surface area contributed by atoms with Crippen molar-refractivity contribution in [2.45, 2.75) is 26.0 Å². The molecule has 3 rings (SSSR count). The topological polar surface area (TPSA) is 47.3 Å². The lowest BCUT2D eigenvalue weighted by molar-refractivity contribution is 0.0626. The summed E-state index contributed by atoms with van der Waals surface area (Å²) in [4.78, 5) is 4.31. The van der Waals surface area contributed by atoms with Gasteiger partial charge in [-0.25, -0.2) is 9.37 Å². The molecular weight excluding hydrogens is 283 g/mol. The maximum absolute atomic E-state index is 12.9. The number of rotatable bonds is 4. The summed E-state index contributed by atoms with van der Waals surface area (Å²) in [7, 11) is 0. The smallest absolute Gasteiger partial charge is 0.129 e. The summed E-state index contributed by atoms with van der Waals surface area (Å²) < 4.78 is 20.5. The summed E-state index contributed by atoms with van der Waals surface area (Å²) in [5.74, 6) is 0.900. The van der Waals surface area contributed by atoms with Crippen molar-refractivity contribution in [3.8, 4) is 11.5 Å². The molecule has 0 radical (unpaired) electrons. The Morgan fingerprint density at radius 1 is 1.14 bits per heavy atom. The predicted octanol–water partition coefficient (Wildman–Crippen LogP) is 3.74. The minimum Gasteiger partial charge on any atom is -0.457 e. The van der Waals surface area contributed by atoms with E-state index >= 15 is 0 Å². The Bertz CT molecular complexity index is 789. The van der Waals surface area contributed by atoms with Crippen LogP contribution in [0.4, 0.5) is 4.39 Å². The molecule has 5 heteroatoms. The van der Waals surface area contributed by atoms with Gasteiger partial charge in [0, 0.05) is 6.07 Å². The summed E-state index contributed by atoms with van der Waals surface area (Å²) >= 11 is 0. The summed E-state index contributed by atoms with van der Waals surface area (Å²) in [5.41, 5.74) is 0.874. The number of hydrogen-bond acceptors (Lipinski definition) is 3. The van der Waals surface area contributed by atoms with Gasteiger partial charge in [-0.1, -0.05) is 0 Å². The maximum Gasteiger partial charge on any atom is 0.129 e. The van der Waals surface area contributed by atoms with Crippen LogP contribution in [0.15, 0.2) is 48.8 Å². The second kappa shape index (κ2) is 5.42. The fraction of sp³-hybridized carbons (Fsp3) is 0.235. The van der Waals surface area contributed by atoms with Gasteiger partial charge in [-0.3, -0.25) is 0 Å². The first kappa shape index (κ1) is 14.5. The quantitative estimate of drug-likeness (QED) is 0.798. The number of aliphatic hydroxyl groups is 1. The van der Waals surface area contributed by atoms with Gasteiger partial charge < -0.3 is 14.4 Å². The molecule has 2 aromatic carbocycles. The van der Waals surface area contributed by atoms with Crippen LogP contribution in [-0.2, 0) is 6.54 Å². The van der Waals surface area contributed by atoms with Crippen molar-refractivity contribution in [1.82, 2.24) is 9.55 Å². The van der Waals surface area contributed by atoms with E-state index in [0.717, 1.165) is 11.0 Å². The van der Waals surface area contributed by atoms with Gasteiger partial charge in [0.2, 0.25) is 0 Å². The summed E-state index contributed by atoms with van der Waals surface area (Å²) in [6.07, 6.45) is 1.70. The van der Waals surface area contributed by atoms with E-state index in [9.17, 15) is 9.50 Å². The SMILES string of the molecule is CC(C)(O)Cn1cnc2ccc(Oc3ccc(F)cc3)cc21. The number of ether oxygens (including phenoxy) is 1. The monoisotopic (exact) mass is 300 g/mol. The van der Waals surface area contributed by atoms with Gasteiger partial charge >= 0.3 is 0 Å².